The molecule has 24 heavy (non-hydrogen) atoms. The van der Waals surface area contributed by atoms with Crippen molar-refractivity contribution in [1.82, 2.24) is 4.98 Å². The molecule has 0 unspecified atom stereocenters. The molecule has 1 aliphatic carbocycles. The Bertz CT molecular complexity index is 946. The largest absolute Gasteiger partial charge is 0.261 e. The summed E-state index contributed by atoms with van der Waals surface area (Å²) in [5, 5.41) is 0.698. The Labute approximate surface area is 145 Å². The summed E-state index contributed by atoms with van der Waals surface area (Å²) in [6.45, 7) is 0. The first-order valence-corrected chi connectivity index (χ1v) is 8.29. The summed E-state index contributed by atoms with van der Waals surface area (Å²) >= 11 is 6.12. The van der Waals surface area contributed by atoms with E-state index in [0.717, 1.165) is 46.4 Å². The Balaban J connectivity index is 1.97. The van der Waals surface area contributed by atoms with Crippen LogP contribution in [0.5, 0.6) is 0 Å². The summed E-state index contributed by atoms with van der Waals surface area (Å²) in [5.41, 5.74) is 6.30. The lowest BCUT2D eigenvalue weighted by molar-refractivity contribution is 0.625. The van der Waals surface area contributed by atoms with Gasteiger partial charge in [-0.25, -0.2) is 4.39 Å². The summed E-state index contributed by atoms with van der Waals surface area (Å²) in [7, 11) is 0. The second-order valence-corrected chi connectivity index (χ2v) is 6.35. The zero-order chi connectivity index (χ0) is 16.5. The first kappa shape index (κ1) is 15.1. The molecule has 0 radical (unpaired) electrons. The normalized spacial score (nSPS) is 14.8. The van der Waals surface area contributed by atoms with Crippen LogP contribution >= 0.6 is 11.6 Å². The number of pyridine rings is 1. The van der Waals surface area contributed by atoms with Crippen LogP contribution in [-0.4, -0.2) is 4.98 Å². The molecule has 1 nitrogen and oxygen atoms in total. The highest BCUT2D eigenvalue weighted by Gasteiger charge is 2.19. The highest BCUT2D eigenvalue weighted by Crippen LogP contribution is 2.34. The fourth-order valence-corrected chi connectivity index (χ4v) is 3.43. The van der Waals surface area contributed by atoms with Crippen LogP contribution in [0.1, 0.15) is 27.9 Å². The zero-order valence-corrected chi connectivity index (χ0v) is 13.7. The SMILES string of the molecule is Fc1ccc2c(c1)CCc1ncccc1/C2=C\c1cccc(Cl)c1. The minimum atomic E-state index is -0.199. The predicted octanol–water partition coefficient (Wildman–Crippen LogP) is 5.56. The predicted molar refractivity (Wildman–Crippen MR) is 96.5 cm³/mol. The Morgan fingerprint density at radius 3 is 2.75 bits per heavy atom. The fraction of sp³-hybridized carbons (Fsp3) is 0.0952. The summed E-state index contributed by atoms with van der Waals surface area (Å²) in [6, 6.07) is 16.8. The maximum absolute atomic E-state index is 13.7. The average molecular weight is 336 g/mol. The molecule has 1 heterocycles. The Morgan fingerprint density at radius 1 is 0.958 bits per heavy atom. The monoisotopic (exact) mass is 335 g/mol. The number of rotatable bonds is 1. The van der Waals surface area contributed by atoms with Gasteiger partial charge in [-0.05, 0) is 71.5 Å². The number of aryl methyl sites for hydroxylation is 2. The van der Waals surface area contributed by atoms with Crippen molar-refractivity contribution in [3.63, 3.8) is 0 Å². The standard InChI is InChI=1S/C21H15ClFN/c22-16-4-1-3-14(11-16)12-20-18-8-7-17(23)13-15(18)6-9-21-19(20)5-2-10-24-21/h1-5,7-8,10-13H,6,9H2/b20-12-. The van der Waals surface area contributed by atoms with E-state index in [1.54, 1.807) is 6.07 Å². The quantitative estimate of drug-likeness (QED) is 0.567. The van der Waals surface area contributed by atoms with Crippen LogP contribution in [0.15, 0.2) is 60.8 Å². The highest BCUT2D eigenvalue weighted by atomic mass is 35.5. The van der Waals surface area contributed by atoms with Crippen molar-refractivity contribution < 1.29 is 4.39 Å². The van der Waals surface area contributed by atoms with Crippen LogP contribution in [-0.2, 0) is 12.8 Å². The van der Waals surface area contributed by atoms with Gasteiger partial charge in [0.25, 0.3) is 0 Å². The van der Waals surface area contributed by atoms with E-state index in [1.807, 2.05) is 42.6 Å². The number of aromatic nitrogens is 1. The van der Waals surface area contributed by atoms with E-state index in [2.05, 4.69) is 17.1 Å². The minimum absolute atomic E-state index is 0.199. The van der Waals surface area contributed by atoms with Crippen molar-refractivity contribution in [3.05, 3.63) is 99.6 Å². The summed E-state index contributed by atoms with van der Waals surface area (Å²) in [5.74, 6) is -0.199. The smallest absolute Gasteiger partial charge is 0.123 e. The molecule has 0 spiro atoms. The molecule has 0 N–H and O–H groups in total. The number of halogens is 2. The number of fused-ring (bicyclic) bond motifs is 2. The van der Waals surface area contributed by atoms with E-state index in [-0.39, 0.29) is 5.82 Å². The molecule has 3 heteroatoms. The van der Waals surface area contributed by atoms with Crippen molar-refractivity contribution in [2.45, 2.75) is 12.8 Å². The average Bonchev–Trinajstić information content (AvgIpc) is 2.73. The van der Waals surface area contributed by atoms with E-state index in [9.17, 15) is 4.39 Å². The van der Waals surface area contributed by atoms with Crippen molar-refractivity contribution in [2.75, 3.05) is 0 Å². The van der Waals surface area contributed by atoms with Gasteiger partial charge in [0, 0.05) is 22.5 Å². The van der Waals surface area contributed by atoms with Gasteiger partial charge < -0.3 is 0 Å². The summed E-state index contributed by atoms with van der Waals surface area (Å²) in [6.07, 6.45) is 5.50. The van der Waals surface area contributed by atoms with Crippen LogP contribution < -0.4 is 0 Å². The molecule has 3 aromatic rings. The van der Waals surface area contributed by atoms with Crippen LogP contribution in [0.25, 0.3) is 11.6 Å². The molecule has 0 bridgehead atoms. The van der Waals surface area contributed by atoms with Gasteiger partial charge in [0.1, 0.15) is 5.82 Å². The molecular formula is C21H15ClFN. The van der Waals surface area contributed by atoms with Gasteiger partial charge >= 0.3 is 0 Å². The van der Waals surface area contributed by atoms with Gasteiger partial charge in [0.05, 0.1) is 0 Å². The number of hydrogen-bond acceptors (Lipinski definition) is 1. The Hall–Kier alpha value is -2.45. The lowest BCUT2D eigenvalue weighted by atomic mass is 9.93. The first-order valence-electron chi connectivity index (χ1n) is 7.91. The van der Waals surface area contributed by atoms with Gasteiger partial charge in [0.2, 0.25) is 0 Å². The topological polar surface area (TPSA) is 12.9 Å². The van der Waals surface area contributed by atoms with Crippen LogP contribution in [0, 0.1) is 5.82 Å². The molecule has 118 valence electrons. The van der Waals surface area contributed by atoms with E-state index in [4.69, 9.17) is 11.6 Å². The van der Waals surface area contributed by atoms with Gasteiger partial charge in [-0.2, -0.15) is 0 Å². The van der Waals surface area contributed by atoms with Gasteiger partial charge in [-0.1, -0.05) is 35.9 Å². The molecule has 0 saturated carbocycles. The van der Waals surface area contributed by atoms with E-state index >= 15 is 0 Å². The summed E-state index contributed by atoms with van der Waals surface area (Å²) in [4.78, 5) is 4.53. The highest BCUT2D eigenvalue weighted by molar-refractivity contribution is 6.30. The zero-order valence-electron chi connectivity index (χ0n) is 13.0. The van der Waals surface area contributed by atoms with Crippen molar-refractivity contribution in [1.29, 1.82) is 0 Å². The van der Waals surface area contributed by atoms with Gasteiger partial charge in [0.15, 0.2) is 0 Å². The molecule has 0 atom stereocenters. The molecular weight excluding hydrogens is 321 g/mol. The van der Waals surface area contributed by atoms with Crippen molar-refractivity contribution in [3.8, 4) is 0 Å². The first-order chi connectivity index (χ1) is 11.7. The lowest BCUT2D eigenvalue weighted by Gasteiger charge is -2.12. The van der Waals surface area contributed by atoms with Crippen molar-refractivity contribution in [2.24, 2.45) is 0 Å². The van der Waals surface area contributed by atoms with Crippen LogP contribution in [0.2, 0.25) is 5.02 Å². The summed E-state index contributed by atoms with van der Waals surface area (Å²) < 4.78 is 13.7. The maximum Gasteiger partial charge on any atom is 0.123 e. The molecule has 0 fully saturated rings. The lowest BCUT2D eigenvalue weighted by Crippen LogP contribution is -1.95. The van der Waals surface area contributed by atoms with Crippen molar-refractivity contribution >= 4 is 23.3 Å². The second-order valence-electron chi connectivity index (χ2n) is 5.91. The second kappa shape index (κ2) is 6.21. The van der Waals surface area contributed by atoms with E-state index in [0.29, 0.717) is 5.02 Å². The number of benzene rings is 2. The van der Waals surface area contributed by atoms with Gasteiger partial charge in [-0.3, -0.25) is 4.98 Å². The Kier molecular flexibility index (Phi) is 3.91. The third kappa shape index (κ3) is 2.85. The third-order valence-corrected chi connectivity index (χ3v) is 4.56. The Morgan fingerprint density at radius 2 is 1.88 bits per heavy atom. The molecule has 2 aromatic carbocycles. The van der Waals surface area contributed by atoms with Crippen LogP contribution in [0.4, 0.5) is 4.39 Å². The minimum Gasteiger partial charge on any atom is -0.261 e. The maximum atomic E-state index is 13.7. The number of nitrogens with zero attached hydrogens (tertiary/aromatic N) is 1. The molecule has 1 aromatic heterocycles. The van der Waals surface area contributed by atoms with Crippen LogP contribution in [0.3, 0.4) is 0 Å². The van der Waals surface area contributed by atoms with Gasteiger partial charge in [-0.15, -0.1) is 0 Å². The molecule has 0 aliphatic heterocycles. The molecule has 1 aliphatic rings. The van der Waals surface area contributed by atoms with E-state index in [1.165, 1.54) is 6.07 Å². The molecule has 0 saturated heterocycles. The van der Waals surface area contributed by atoms with E-state index < -0.39 is 0 Å². The fourth-order valence-electron chi connectivity index (χ4n) is 3.23. The molecule has 0 amide bonds. The number of hydrogen-bond donors (Lipinski definition) is 0. The third-order valence-electron chi connectivity index (χ3n) is 4.33. The molecule has 4 rings (SSSR count).